The molecule has 0 radical (unpaired) electrons. The van der Waals surface area contributed by atoms with Crippen LogP contribution in [0.25, 0.3) is 0 Å². The van der Waals surface area contributed by atoms with Crippen molar-refractivity contribution in [2.75, 3.05) is 0 Å². The van der Waals surface area contributed by atoms with E-state index in [2.05, 4.69) is 4.72 Å². The number of benzene rings is 2. The van der Waals surface area contributed by atoms with Crippen LogP contribution in [0.2, 0.25) is 10.0 Å². The first-order chi connectivity index (χ1) is 10.6. The van der Waals surface area contributed by atoms with Gasteiger partial charge in [0.25, 0.3) is 0 Å². The Labute approximate surface area is 141 Å². The van der Waals surface area contributed by atoms with Crippen molar-refractivity contribution < 1.29 is 21.6 Å². The van der Waals surface area contributed by atoms with Gasteiger partial charge in [-0.25, -0.2) is 13.1 Å². The first-order valence-electron chi connectivity index (χ1n) is 6.20. The van der Waals surface area contributed by atoms with Gasteiger partial charge in [0.05, 0.1) is 10.5 Å². The van der Waals surface area contributed by atoms with Gasteiger partial charge in [0.15, 0.2) is 0 Å². The Kier molecular flexibility index (Phi) is 5.25. The Morgan fingerprint density at radius 3 is 2.39 bits per heavy atom. The van der Waals surface area contributed by atoms with Gasteiger partial charge in [-0.1, -0.05) is 29.3 Å². The van der Waals surface area contributed by atoms with E-state index in [0.29, 0.717) is 21.7 Å². The van der Waals surface area contributed by atoms with Gasteiger partial charge >= 0.3 is 6.18 Å². The predicted octanol–water partition coefficient (Wildman–Crippen LogP) is 4.49. The molecule has 2 aromatic carbocycles. The van der Waals surface area contributed by atoms with Crippen molar-refractivity contribution >= 4 is 33.2 Å². The predicted molar refractivity (Wildman–Crippen MR) is 81.9 cm³/mol. The van der Waals surface area contributed by atoms with E-state index in [-0.39, 0.29) is 6.54 Å². The Balaban J connectivity index is 2.24. The van der Waals surface area contributed by atoms with Crippen LogP contribution in [-0.4, -0.2) is 8.42 Å². The summed E-state index contributed by atoms with van der Waals surface area (Å²) in [7, 11) is -4.12. The third-order valence-corrected chi connectivity index (χ3v) is 4.93. The fraction of sp³-hybridized carbons (Fsp3) is 0.143. The van der Waals surface area contributed by atoms with Crippen molar-refractivity contribution in [2.45, 2.75) is 17.6 Å². The molecule has 0 unspecified atom stereocenters. The quantitative estimate of drug-likeness (QED) is 0.845. The van der Waals surface area contributed by atoms with E-state index >= 15 is 0 Å². The number of sulfonamides is 1. The van der Waals surface area contributed by atoms with Crippen LogP contribution < -0.4 is 4.72 Å². The summed E-state index contributed by atoms with van der Waals surface area (Å²) in [6.45, 7) is -0.196. The van der Waals surface area contributed by atoms with Crippen molar-refractivity contribution in [2.24, 2.45) is 0 Å². The third-order valence-electron chi connectivity index (χ3n) is 2.93. The molecule has 1 N–H and O–H groups in total. The summed E-state index contributed by atoms with van der Waals surface area (Å²) in [5.74, 6) is 0. The van der Waals surface area contributed by atoms with E-state index < -0.39 is 26.7 Å². The number of hydrogen-bond donors (Lipinski definition) is 1. The SMILES string of the molecule is O=S(=O)(NCc1cc(Cl)ccc1Cl)c1cccc(C(F)(F)F)c1. The van der Waals surface area contributed by atoms with Gasteiger partial charge in [-0.3, -0.25) is 0 Å². The second-order valence-corrected chi connectivity index (χ2v) is 7.20. The molecule has 0 heterocycles. The molecule has 124 valence electrons. The third kappa shape index (κ3) is 4.60. The van der Waals surface area contributed by atoms with E-state index in [4.69, 9.17) is 23.2 Å². The van der Waals surface area contributed by atoms with Crippen LogP contribution in [0.5, 0.6) is 0 Å². The lowest BCUT2D eigenvalue weighted by molar-refractivity contribution is -0.137. The van der Waals surface area contributed by atoms with Gasteiger partial charge in [0, 0.05) is 16.6 Å². The molecule has 0 amide bonds. The Bertz CT molecular complexity index is 823. The maximum Gasteiger partial charge on any atom is 0.416 e. The summed E-state index contributed by atoms with van der Waals surface area (Å²) in [5.41, 5.74) is -0.629. The van der Waals surface area contributed by atoms with Crippen molar-refractivity contribution in [1.82, 2.24) is 4.72 Å². The van der Waals surface area contributed by atoms with E-state index in [0.717, 1.165) is 18.2 Å². The molecule has 0 aromatic heterocycles. The van der Waals surface area contributed by atoms with Crippen LogP contribution in [0, 0.1) is 0 Å². The molecule has 0 atom stereocenters. The average molecular weight is 384 g/mol. The summed E-state index contributed by atoms with van der Waals surface area (Å²) in [4.78, 5) is -0.481. The minimum atomic E-state index is -4.62. The molecule has 0 saturated carbocycles. The summed E-state index contributed by atoms with van der Waals surface area (Å²) >= 11 is 11.7. The molecule has 0 spiro atoms. The molecular formula is C14H10Cl2F3NO2S. The highest BCUT2D eigenvalue weighted by Crippen LogP contribution is 2.30. The molecule has 23 heavy (non-hydrogen) atoms. The van der Waals surface area contributed by atoms with E-state index in [1.165, 1.54) is 18.2 Å². The van der Waals surface area contributed by atoms with Crippen LogP contribution >= 0.6 is 23.2 Å². The molecular weight excluding hydrogens is 374 g/mol. The number of halogens is 5. The minimum Gasteiger partial charge on any atom is -0.207 e. The molecule has 0 aliphatic heterocycles. The van der Waals surface area contributed by atoms with Crippen LogP contribution in [0.4, 0.5) is 13.2 Å². The van der Waals surface area contributed by atoms with Gasteiger partial charge in [-0.05, 0) is 42.0 Å². The second-order valence-electron chi connectivity index (χ2n) is 4.59. The molecule has 0 aliphatic rings. The maximum absolute atomic E-state index is 12.7. The topological polar surface area (TPSA) is 46.2 Å². The van der Waals surface area contributed by atoms with E-state index in [9.17, 15) is 21.6 Å². The normalized spacial score (nSPS) is 12.4. The lowest BCUT2D eigenvalue weighted by Crippen LogP contribution is -2.23. The Morgan fingerprint density at radius 2 is 1.74 bits per heavy atom. The van der Waals surface area contributed by atoms with Gasteiger partial charge in [-0.15, -0.1) is 0 Å². The van der Waals surface area contributed by atoms with Crippen molar-refractivity contribution in [3.05, 3.63) is 63.6 Å². The summed E-state index contributed by atoms with van der Waals surface area (Å²) in [6, 6.07) is 7.99. The standard InChI is InChI=1S/C14H10Cl2F3NO2S/c15-11-4-5-13(16)9(6-11)8-20-23(21,22)12-3-1-2-10(7-12)14(17,18)19/h1-7,20H,8H2. The van der Waals surface area contributed by atoms with Crippen LogP contribution in [0.3, 0.4) is 0 Å². The zero-order chi connectivity index (χ0) is 17.3. The smallest absolute Gasteiger partial charge is 0.207 e. The number of nitrogens with one attached hydrogen (secondary N) is 1. The minimum absolute atomic E-state index is 0.196. The Morgan fingerprint density at radius 1 is 1.04 bits per heavy atom. The first kappa shape index (κ1) is 18.1. The van der Waals surface area contributed by atoms with E-state index in [1.54, 1.807) is 0 Å². The van der Waals surface area contributed by atoms with Crippen LogP contribution in [0.15, 0.2) is 47.4 Å². The molecule has 2 aromatic rings. The molecule has 3 nitrogen and oxygen atoms in total. The number of alkyl halides is 3. The highest BCUT2D eigenvalue weighted by Gasteiger charge is 2.31. The lowest BCUT2D eigenvalue weighted by atomic mass is 10.2. The number of rotatable bonds is 4. The molecule has 0 bridgehead atoms. The highest BCUT2D eigenvalue weighted by molar-refractivity contribution is 7.89. The molecule has 0 fully saturated rings. The molecule has 9 heteroatoms. The van der Waals surface area contributed by atoms with Crippen LogP contribution in [-0.2, 0) is 22.7 Å². The van der Waals surface area contributed by atoms with E-state index in [1.807, 2.05) is 0 Å². The van der Waals surface area contributed by atoms with Crippen molar-refractivity contribution in [3.63, 3.8) is 0 Å². The van der Waals surface area contributed by atoms with Gasteiger partial charge < -0.3 is 0 Å². The van der Waals surface area contributed by atoms with Gasteiger partial charge in [-0.2, -0.15) is 13.2 Å². The lowest BCUT2D eigenvalue weighted by Gasteiger charge is -2.11. The van der Waals surface area contributed by atoms with Gasteiger partial charge in [0.2, 0.25) is 10.0 Å². The monoisotopic (exact) mass is 383 g/mol. The molecule has 0 aliphatic carbocycles. The first-order valence-corrected chi connectivity index (χ1v) is 8.44. The van der Waals surface area contributed by atoms with Gasteiger partial charge in [0.1, 0.15) is 0 Å². The zero-order valence-electron chi connectivity index (χ0n) is 11.4. The average Bonchev–Trinajstić information content (AvgIpc) is 2.47. The van der Waals surface area contributed by atoms with Crippen LogP contribution in [0.1, 0.15) is 11.1 Å². The summed E-state index contributed by atoms with van der Waals surface area (Å²) in [5, 5.41) is 0.656. The largest absolute Gasteiger partial charge is 0.416 e. The fourth-order valence-corrected chi connectivity index (χ4v) is 3.21. The Hall–Kier alpha value is -1.28. The van der Waals surface area contributed by atoms with Crippen molar-refractivity contribution in [3.8, 4) is 0 Å². The highest BCUT2D eigenvalue weighted by atomic mass is 35.5. The number of hydrogen-bond acceptors (Lipinski definition) is 2. The zero-order valence-corrected chi connectivity index (χ0v) is 13.7. The fourth-order valence-electron chi connectivity index (χ4n) is 1.77. The molecule has 2 rings (SSSR count). The maximum atomic E-state index is 12.7. The molecule has 0 saturated heterocycles. The van der Waals surface area contributed by atoms with Crippen molar-refractivity contribution in [1.29, 1.82) is 0 Å². The summed E-state index contributed by atoms with van der Waals surface area (Å²) < 4.78 is 64.4. The second kappa shape index (κ2) is 6.68. The summed E-state index contributed by atoms with van der Waals surface area (Å²) in [6.07, 6.45) is -4.62.